The molecule has 3 heterocycles. The molecular formula is C25H27BrN2O4S. The Bertz CT molecular complexity index is 1370. The van der Waals surface area contributed by atoms with Crippen molar-refractivity contribution >= 4 is 42.9 Å². The van der Waals surface area contributed by atoms with Crippen molar-refractivity contribution in [3.8, 4) is 0 Å². The SMILES string of the molecule is Cc1ccc(S(=O)(=O)n2c3c(c4ccc(Br)cc42)C2CCC(C3)N2C(=O)OC(C)(C)C)cc1. The quantitative estimate of drug-likeness (QED) is 0.410. The van der Waals surface area contributed by atoms with Crippen LogP contribution in [0.25, 0.3) is 10.9 Å². The summed E-state index contributed by atoms with van der Waals surface area (Å²) in [5, 5.41) is 0.864. The second kappa shape index (κ2) is 7.60. The number of carbonyl (C=O) groups is 1. The maximum atomic E-state index is 13.9. The first kappa shape index (κ1) is 22.5. The molecule has 0 spiro atoms. The van der Waals surface area contributed by atoms with Gasteiger partial charge in [-0.15, -0.1) is 0 Å². The largest absolute Gasteiger partial charge is 0.444 e. The summed E-state index contributed by atoms with van der Waals surface area (Å²) in [7, 11) is -3.82. The van der Waals surface area contributed by atoms with Gasteiger partial charge in [-0.25, -0.2) is 17.2 Å². The number of hydrogen-bond acceptors (Lipinski definition) is 4. The van der Waals surface area contributed by atoms with Gasteiger partial charge in [-0.3, -0.25) is 4.90 Å². The van der Waals surface area contributed by atoms with Gasteiger partial charge in [-0.2, -0.15) is 0 Å². The number of halogens is 1. The normalized spacial score (nSPS) is 20.2. The van der Waals surface area contributed by atoms with Gasteiger partial charge in [0, 0.05) is 33.6 Å². The van der Waals surface area contributed by atoms with Crippen molar-refractivity contribution < 1.29 is 17.9 Å². The fourth-order valence-electron chi connectivity index (χ4n) is 5.15. The summed E-state index contributed by atoms with van der Waals surface area (Å²) < 4.78 is 35.8. The Balaban J connectivity index is 1.71. The molecule has 2 aliphatic heterocycles. The molecular weight excluding hydrogens is 504 g/mol. The molecule has 5 rings (SSSR count). The average molecular weight is 531 g/mol. The highest BCUT2D eigenvalue weighted by Gasteiger charge is 2.47. The third kappa shape index (κ3) is 3.67. The molecule has 0 N–H and O–H groups in total. The highest BCUT2D eigenvalue weighted by molar-refractivity contribution is 9.10. The zero-order chi connectivity index (χ0) is 23.7. The highest BCUT2D eigenvalue weighted by atomic mass is 79.9. The Kier molecular flexibility index (Phi) is 5.17. The maximum Gasteiger partial charge on any atom is 0.411 e. The number of benzene rings is 2. The summed E-state index contributed by atoms with van der Waals surface area (Å²) in [5.41, 5.74) is 2.74. The Morgan fingerprint density at radius 1 is 1.09 bits per heavy atom. The Hall–Kier alpha value is -2.32. The Morgan fingerprint density at radius 3 is 2.45 bits per heavy atom. The van der Waals surface area contributed by atoms with Crippen LogP contribution in [0.2, 0.25) is 0 Å². The van der Waals surface area contributed by atoms with Crippen LogP contribution in [0.15, 0.2) is 51.8 Å². The van der Waals surface area contributed by atoms with Gasteiger partial charge >= 0.3 is 6.09 Å². The zero-order valence-electron chi connectivity index (χ0n) is 19.1. The number of rotatable bonds is 2. The molecule has 3 aromatic rings. The van der Waals surface area contributed by atoms with Crippen molar-refractivity contribution in [3.05, 3.63) is 63.8 Å². The zero-order valence-corrected chi connectivity index (χ0v) is 21.5. The van der Waals surface area contributed by atoms with E-state index in [4.69, 9.17) is 4.74 Å². The van der Waals surface area contributed by atoms with E-state index in [1.165, 1.54) is 3.97 Å². The molecule has 0 aliphatic carbocycles. The second-order valence-electron chi connectivity index (χ2n) is 9.94. The van der Waals surface area contributed by atoms with E-state index in [1.54, 1.807) is 12.1 Å². The number of aromatic nitrogens is 1. The fraction of sp³-hybridized carbons (Fsp3) is 0.400. The van der Waals surface area contributed by atoms with E-state index in [1.807, 2.05) is 62.9 Å². The maximum absolute atomic E-state index is 13.9. The molecule has 2 atom stereocenters. The first-order valence-electron chi connectivity index (χ1n) is 11.1. The predicted octanol–water partition coefficient (Wildman–Crippen LogP) is 5.95. The van der Waals surface area contributed by atoms with Crippen LogP contribution in [0.5, 0.6) is 0 Å². The molecule has 1 saturated heterocycles. The van der Waals surface area contributed by atoms with Crippen molar-refractivity contribution in [2.45, 2.75) is 69.5 Å². The van der Waals surface area contributed by atoms with Crippen LogP contribution < -0.4 is 0 Å². The molecule has 8 heteroatoms. The van der Waals surface area contributed by atoms with Crippen molar-refractivity contribution in [1.82, 2.24) is 8.87 Å². The van der Waals surface area contributed by atoms with Gasteiger partial charge in [0.2, 0.25) is 0 Å². The minimum atomic E-state index is -3.82. The van der Waals surface area contributed by atoms with Gasteiger partial charge in [0.05, 0.1) is 16.5 Å². The minimum Gasteiger partial charge on any atom is -0.444 e. The lowest BCUT2D eigenvalue weighted by atomic mass is 9.97. The van der Waals surface area contributed by atoms with Crippen LogP contribution in [-0.2, 0) is 21.2 Å². The van der Waals surface area contributed by atoms with Crippen molar-refractivity contribution in [2.75, 3.05) is 0 Å². The number of carbonyl (C=O) groups excluding carboxylic acids is 1. The number of hydrogen-bond donors (Lipinski definition) is 0. The second-order valence-corrected chi connectivity index (χ2v) is 12.6. The van der Waals surface area contributed by atoms with Crippen LogP contribution in [0, 0.1) is 6.92 Å². The van der Waals surface area contributed by atoms with Crippen LogP contribution >= 0.6 is 15.9 Å². The Labute approximate surface area is 202 Å². The van der Waals surface area contributed by atoms with Crippen LogP contribution in [-0.4, -0.2) is 35.0 Å². The van der Waals surface area contributed by atoms with Crippen LogP contribution in [0.4, 0.5) is 4.79 Å². The summed E-state index contributed by atoms with van der Waals surface area (Å²) in [5.74, 6) is 0. The highest BCUT2D eigenvalue weighted by Crippen LogP contribution is 2.49. The lowest BCUT2D eigenvalue weighted by Crippen LogP contribution is -2.45. The standard InChI is InChI=1S/C25H27BrN2O4S/c1-15-5-9-18(10-6-15)33(30,31)28-21-13-16(26)7-11-19(21)23-20-12-8-17(14-22(23)28)27(20)24(29)32-25(2,3)4/h5-7,9-11,13,17,20H,8,12,14H2,1-4H3. The summed E-state index contributed by atoms with van der Waals surface area (Å²) >= 11 is 3.51. The lowest BCUT2D eigenvalue weighted by Gasteiger charge is -2.36. The minimum absolute atomic E-state index is 0.0860. The monoisotopic (exact) mass is 530 g/mol. The fourth-order valence-corrected chi connectivity index (χ4v) is 7.06. The van der Waals surface area contributed by atoms with Crippen molar-refractivity contribution in [2.24, 2.45) is 0 Å². The van der Waals surface area contributed by atoms with Gasteiger partial charge < -0.3 is 4.74 Å². The summed E-state index contributed by atoms with van der Waals surface area (Å²) in [6.07, 6.45) is 1.75. The molecule has 0 radical (unpaired) electrons. The van der Waals surface area contributed by atoms with E-state index in [9.17, 15) is 13.2 Å². The number of amides is 1. The first-order valence-corrected chi connectivity index (χ1v) is 13.4. The number of ether oxygens (including phenoxy) is 1. The van der Waals surface area contributed by atoms with E-state index in [2.05, 4.69) is 15.9 Å². The average Bonchev–Trinajstić information content (AvgIpc) is 3.21. The molecule has 33 heavy (non-hydrogen) atoms. The van der Waals surface area contributed by atoms with E-state index in [0.29, 0.717) is 11.9 Å². The van der Waals surface area contributed by atoms with E-state index < -0.39 is 15.6 Å². The smallest absolute Gasteiger partial charge is 0.411 e. The summed E-state index contributed by atoms with van der Waals surface area (Å²) in [4.78, 5) is 15.2. The molecule has 1 amide bonds. The first-order chi connectivity index (χ1) is 15.5. The predicted molar refractivity (Wildman–Crippen MR) is 131 cm³/mol. The van der Waals surface area contributed by atoms with E-state index >= 15 is 0 Å². The van der Waals surface area contributed by atoms with Crippen molar-refractivity contribution in [3.63, 3.8) is 0 Å². The third-order valence-electron chi connectivity index (χ3n) is 6.45. The van der Waals surface area contributed by atoms with E-state index in [-0.39, 0.29) is 23.1 Å². The molecule has 2 aliphatic rings. The molecule has 0 saturated carbocycles. The van der Waals surface area contributed by atoms with Crippen LogP contribution in [0.3, 0.4) is 0 Å². The molecule has 1 fully saturated rings. The molecule has 174 valence electrons. The van der Waals surface area contributed by atoms with Crippen LogP contribution in [0.1, 0.15) is 56.5 Å². The van der Waals surface area contributed by atoms with Crippen molar-refractivity contribution in [1.29, 1.82) is 0 Å². The van der Waals surface area contributed by atoms with Gasteiger partial charge in [0.25, 0.3) is 10.0 Å². The van der Waals surface area contributed by atoms with Gasteiger partial charge in [0.15, 0.2) is 0 Å². The number of fused-ring (bicyclic) bond motifs is 6. The molecule has 2 aromatic carbocycles. The summed E-state index contributed by atoms with van der Waals surface area (Å²) in [6.45, 7) is 7.52. The van der Waals surface area contributed by atoms with Gasteiger partial charge in [0.1, 0.15) is 5.60 Å². The third-order valence-corrected chi connectivity index (χ3v) is 8.71. The van der Waals surface area contributed by atoms with Gasteiger partial charge in [-0.05, 0) is 64.8 Å². The number of nitrogens with zero attached hydrogens (tertiary/aromatic N) is 2. The lowest BCUT2D eigenvalue weighted by molar-refractivity contribution is 0.0125. The molecule has 2 bridgehead atoms. The van der Waals surface area contributed by atoms with E-state index in [0.717, 1.165) is 39.5 Å². The molecule has 1 aromatic heterocycles. The van der Waals surface area contributed by atoms with Gasteiger partial charge in [-0.1, -0.05) is 39.7 Å². The molecule has 2 unspecified atom stereocenters. The number of aryl methyl sites for hydroxylation is 1. The Morgan fingerprint density at radius 2 is 1.79 bits per heavy atom. The summed E-state index contributed by atoms with van der Waals surface area (Å²) in [6, 6.07) is 12.4. The molecule has 6 nitrogen and oxygen atoms in total. The topological polar surface area (TPSA) is 68.6 Å².